The number of amides is 1. The van der Waals surface area contributed by atoms with Crippen LogP contribution in [0.1, 0.15) is 12.5 Å². The standard InChI is InChI=1S/C10H10BrNOS/c1-6-10(13)12-8-4-7(5-11)2-3-9(8)14-6/h2-4,6H,5H2,1H3,(H,12,13). The van der Waals surface area contributed by atoms with Gasteiger partial charge in [-0.2, -0.15) is 0 Å². The molecule has 1 N–H and O–H groups in total. The van der Waals surface area contributed by atoms with Gasteiger partial charge in [0.15, 0.2) is 0 Å². The predicted octanol–water partition coefficient (Wildman–Crippen LogP) is 3.01. The van der Waals surface area contributed by atoms with Crippen LogP contribution in [-0.4, -0.2) is 11.2 Å². The van der Waals surface area contributed by atoms with E-state index in [9.17, 15) is 4.79 Å². The average molecular weight is 272 g/mol. The average Bonchev–Trinajstić information content (AvgIpc) is 2.19. The predicted molar refractivity (Wildman–Crippen MR) is 63.0 cm³/mol. The quantitative estimate of drug-likeness (QED) is 0.796. The van der Waals surface area contributed by atoms with E-state index >= 15 is 0 Å². The molecule has 2 nitrogen and oxygen atoms in total. The summed E-state index contributed by atoms with van der Waals surface area (Å²) in [5.74, 6) is 0.0919. The number of carbonyl (C=O) groups excluding carboxylic acids is 1. The summed E-state index contributed by atoms with van der Waals surface area (Å²) >= 11 is 5.00. The molecule has 1 aliphatic heterocycles. The van der Waals surface area contributed by atoms with Crippen molar-refractivity contribution in [3.63, 3.8) is 0 Å². The number of alkyl halides is 1. The van der Waals surface area contributed by atoms with Crippen LogP contribution in [0.15, 0.2) is 23.1 Å². The van der Waals surface area contributed by atoms with Crippen molar-refractivity contribution in [2.75, 3.05) is 5.32 Å². The Morgan fingerprint density at radius 2 is 2.36 bits per heavy atom. The highest BCUT2D eigenvalue weighted by Gasteiger charge is 2.22. The van der Waals surface area contributed by atoms with Crippen LogP contribution in [0, 0.1) is 0 Å². The highest BCUT2D eigenvalue weighted by Crippen LogP contribution is 2.36. The maximum atomic E-state index is 11.4. The Labute approximate surface area is 95.6 Å². The largest absolute Gasteiger partial charge is 0.324 e. The fourth-order valence-electron chi connectivity index (χ4n) is 1.34. The van der Waals surface area contributed by atoms with E-state index in [2.05, 4.69) is 33.4 Å². The molecule has 0 saturated carbocycles. The van der Waals surface area contributed by atoms with Gasteiger partial charge in [0.05, 0.1) is 10.9 Å². The van der Waals surface area contributed by atoms with Gasteiger partial charge in [0.1, 0.15) is 0 Å². The Morgan fingerprint density at radius 1 is 1.57 bits per heavy atom. The molecule has 14 heavy (non-hydrogen) atoms. The molecular formula is C10H10BrNOS. The van der Waals surface area contributed by atoms with E-state index in [0.717, 1.165) is 15.9 Å². The number of rotatable bonds is 1. The highest BCUT2D eigenvalue weighted by molar-refractivity contribution is 9.08. The smallest absolute Gasteiger partial charge is 0.237 e. The Morgan fingerprint density at radius 3 is 3.07 bits per heavy atom. The van der Waals surface area contributed by atoms with Crippen LogP contribution in [0.5, 0.6) is 0 Å². The second-order valence-corrected chi connectivity index (χ2v) is 5.16. The van der Waals surface area contributed by atoms with Crippen molar-refractivity contribution in [2.45, 2.75) is 22.4 Å². The van der Waals surface area contributed by atoms with Crippen molar-refractivity contribution in [1.29, 1.82) is 0 Å². The SMILES string of the molecule is CC1Sc2ccc(CBr)cc2NC1=O. The molecule has 0 saturated heterocycles. The van der Waals surface area contributed by atoms with Gasteiger partial charge in [0, 0.05) is 10.2 Å². The lowest BCUT2D eigenvalue weighted by atomic mass is 10.2. The Hall–Kier alpha value is -0.480. The number of anilines is 1. The number of hydrogen-bond acceptors (Lipinski definition) is 2. The Balaban J connectivity index is 2.37. The van der Waals surface area contributed by atoms with Crippen LogP contribution >= 0.6 is 27.7 Å². The molecule has 0 radical (unpaired) electrons. The van der Waals surface area contributed by atoms with Crippen molar-refractivity contribution < 1.29 is 4.79 Å². The minimum atomic E-state index is 0.0114. The minimum absolute atomic E-state index is 0.0114. The van der Waals surface area contributed by atoms with E-state index in [0.29, 0.717) is 0 Å². The van der Waals surface area contributed by atoms with Crippen molar-refractivity contribution in [3.8, 4) is 0 Å². The topological polar surface area (TPSA) is 29.1 Å². The van der Waals surface area contributed by atoms with Gasteiger partial charge in [0.25, 0.3) is 0 Å². The van der Waals surface area contributed by atoms with Crippen molar-refractivity contribution in [2.24, 2.45) is 0 Å². The molecule has 1 aromatic carbocycles. The lowest BCUT2D eigenvalue weighted by Crippen LogP contribution is -2.26. The van der Waals surface area contributed by atoms with E-state index in [-0.39, 0.29) is 11.2 Å². The Bertz CT molecular complexity index is 380. The summed E-state index contributed by atoms with van der Waals surface area (Å²) < 4.78 is 0. The van der Waals surface area contributed by atoms with Crippen molar-refractivity contribution in [1.82, 2.24) is 0 Å². The molecule has 0 aromatic heterocycles. The summed E-state index contributed by atoms with van der Waals surface area (Å²) in [6.07, 6.45) is 0. The molecule has 1 amide bonds. The highest BCUT2D eigenvalue weighted by atomic mass is 79.9. The van der Waals surface area contributed by atoms with Gasteiger partial charge in [-0.3, -0.25) is 4.79 Å². The minimum Gasteiger partial charge on any atom is -0.324 e. The molecule has 0 aliphatic carbocycles. The molecule has 1 unspecified atom stereocenters. The van der Waals surface area contributed by atoms with Gasteiger partial charge in [-0.05, 0) is 24.6 Å². The first-order valence-electron chi connectivity index (χ1n) is 4.37. The second-order valence-electron chi connectivity index (χ2n) is 3.21. The number of hydrogen-bond donors (Lipinski definition) is 1. The Kier molecular flexibility index (Phi) is 2.83. The first kappa shape index (κ1) is 10.1. The van der Waals surface area contributed by atoms with Crippen LogP contribution in [0.25, 0.3) is 0 Å². The maximum Gasteiger partial charge on any atom is 0.237 e. The van der Waals surface area contributed by atoms with Crippen LogP contribution in [0.2, 0.25) is 0 Å². The third-order valence-electron chi connectivity index (χ3n) is 2.13. The number of benzene rings is 1. The van der Waals surface area contributed by atoms with E-state index in [1.165, 1.54) is 5.56 Å². The fraction of sp³-hybridized carbons (Fsp3) is 0.300. The molecule has 74 valence electrons. The van der Waals surface area contributed by atoms with Crippen LogP contribution in [0.4, 0.5) is 5.69 Å². The van der Waals surface area contributed by atoms with E-state index in [1.54, 1.807) is 11.8 Å². The second kappa shape index (κ2) is 3.95. The summed E-state index contributed by atoms with van der Waals surface area (Å²) in [7, 11) is 0. The fourth-order valence-corrected chi connectivity index (χ4v) is 2.62. The molecule has 1 aliphatic rings. The summed E-state index contributed by atoms with van der Waals surface area (Å²) in [5, 5.41) is 3.73. The summed E-state index contributed by atoms with van der Waals surface area (Å²) in [5.41, 5.74) is 2.12. The number of nitrogens with one attached hydrogen (secondary N) is 1. The molecule has 1 atom stereocenters. The zero-order valence-electron chi connectivity index (χ0n) is 7.71. The third-order valence-corrected chi connectivity index (χ3v) is 3.95. The molecule has 0 bridgehead atoms. The third kappa shape index (κ3) is 1.81. The molecule has 1 heterocycles. The zero-order valence-corrected chi connectivity index (χ0v) is 10.1. The molecule has 2 rings (SSSR count). The van der Waals surface area contributed by atoms with Crippen LogP contribution < -0.4 is 5.32 Å². The molecular weight excluding hydrogens is 262 g/mol. The number of fused-ring (bicyclic) bond motifs is 1. The zero-order chi connectivity index (χ0) is 10.1. The van der Waals surface area contributed by atoms with Gasteiger partial charge in [-0.25, -0.2) is 0 Å². The maximum absolute atomic E-state index is 11.4. The van der Waals surface area contributed by atoms with Gasteiger partial charge in [-0.15, -0.1) is 11.8 Å². The van der Waals surface area contributed by atoms with Crippen molar-refractivity contribution in [3.05, 3.63) is 23.8 Å². The monoisotopic (exact) mass is 271 g/mol. The van der Waals surface area contributed by atoms with Gasteiger partial charge >= 0.3 is 0 Å². The van der Waals surface area contributed by atoms with E-state index < -0.39 is 0 Å². The number of carbonyl (C=O) groups is 1. The van der Waals surface area contributed by atoms with Gasteiger partial charge < -0.3 is 5.32 Å². The lowest BCUT2D eigenvalue weighted by molar-refractivity contribution is -0.115. The first-order chi connectivity index (χ1) is 6.70. The van der Waals surface area contributed by atoms with Gasteiger partial charge in [0.2, 0.25) is 5.91 Å². The number of halogens is 1. The van der Waals surface area contributed by atoms with Gasteiger partial charge in [-0.1, -0.05) is 22.0 Å². The van der Waals surface area contributed by atoms with E-state index in [4.69, 9.17) is 0 Å². The first-order valence-corrected chi connectivity index (χ1v) is 6.37. The van der Waals surface area contributed by atoms with Crippen LogP contribution in [-0.2, 0) is 10.1 Å². The normalized spacial score (nSPS) is 20.1. The molecule has 0 fully saturated rings. The summed E-state index contributed by atoms with van der Waals surface area (Å²) in [6.45, 7) is 1.92. The van der Waals surface area contributed by atoms with Crippen molar-refractivity contribution >= 4 is 39.3 Å². The van der Waals surface area contributed by atoms with E-state index in [1.807, 2.05) is 13.0 Å². The molecule has 1 aromatic rings. The van der Waals surface area contributed by atoms with Crippen LogP contribution in [0.3, 0.4) is 0 Å². The lowest BCUT2D eigenvalue weighted by Gasteiger charge is -2.21. The molecule has 4 heteroatoms. The molecule has 0 spiro atoms. The number of thioether (sulfide) groups is 1. The summed E-state index contributed by atoms with van der Waals surface area (Å²) in [4.78, 5) is 12.6. The summed E-state index contributed by atoms with van der Waals surface area (Å²) in [6, 6.07) is 6.15.